The fourth-order valence-corrected chi connectivity index (χ4v) is 4.13. The Morgan fingerprint density at radius 2 is 1.82 bits per heavy atom. The largest absolute Gasteiger partial charge is 0.484 e. The number of aromatic amines is 1. The molecule has 38 heavy (non-hydrogen) atoms. The molecule has 3 heterocycles. The summed E-state index contributed by atoms with van der Waals surface area (Å²) in [6.07, 6.45) is 8.86. The van der Waals surface area contributed by atoms with Crippen molar-refractivity contribution in [2.24, 2.45) is 0 Å². The van der Waals surface area contributed by atoms with Crippen LogP contribution in [0, 0.1) is 0 Å². The van der Waals surface area contributed by atoms with Crippen LogP contribution in [-0.2, 0) is 4.79 Å². The van der Waals surface area contributed by atoms with E-state index < -0.39 is 0 Å². The first kappa shape index (κ1) is 24.9. The number of benzene rings is 2. The Kier molecular flexibility index (Phi) is 7.54. The van der Waals surface area contributed by atoms with Crippen LogP contribution in [0.2, 0.25) is 0 Å². The lowest BCUT2D eigenvalue weighted by atomic mass is 10.1. The van der Waals surface area contributed by atoms with Crippen molar-refractivity contribution < 1.29 is 9.53 Å². The molecular formula is C29H29N7O2. The minimum absolute atomic E-state index is 0.0515. The number of carbonyl (C=O) groups excluding carboxylic acids is 1. The molecule has 0 bridgehead atoms. The Balaban J connectivity index is 1.38. The second-order valence-electron chi connectivity index (χ2n) is 8.88. The molecule has 0 saturated carbocycles. The molecule has 1 amide bonds. The summed E-state index contributed by atoms with van der Waals surface area (Å²) in [4.78, 5) is 26.1. The smallest absolute Gasteiger partial charge is 0.258 e. The van der Waals surface area contributed by atoms with Crippen LogP contribution < -0.4 is 15.4 Å². The molecule has 0 unspecified atom stereocenters. The van der Waals surface area contributed by atoms with Crippen molar-refractivity contribution in [3.8, 4) is 28.3 Å². The number of aromatic nitrogens is 5. The Hall–Kier alpha value is -4.79. The maximum absolute atomic E-state index is 12.3. The first-order valence-corrected chi connectivity index (χ1v) is 12.6. The number of hydrogen-bond acceptors (Lipinski definition) is 7. The fourth-order valence-electron chi connectivity index (χ4n) is 4.13. The number of hydrogen-bond donors (Lipinski definition) is 3. The number of pyridine rings is 1. The highest BCUT2D eigenvalue weighted by Crippen LogP contribution is 2.29. The summed E-state index contributed by atoms with van der Waals surface area (Å²) in [7, 11) is 0. The van der Waals surface area contributed by atoms with Gasteiger partial charge in [0, 0.05) is 40.6 Å². The van der Waals surface area contributed by atoms with Gasteiger partial charge in [-0.05, 0) is 48.7 Å². The van der Waals surface area contributed by atoms with E-state index in [4.69, 9.17) is 14.7 Å². The predicted molar refractivity (Wildman–Crippen MR) is 148 cm³/mol. The van der Waals surface area contributed by atoms with Gasteiger partial charge in [0.05, 0.1) is 17.9 Å². The van der Waals surface area contributed by atoms with E-state index in [0.29, 0.717) is 22.9 Å². The summed E-state index contributed by atoms with van der Waals surface area (Å²) >= 11 is 0. The van der Waals surface area contributed by atoms with E-state index in [-0.39, 0.29) is 18.6 Å². The zero-order valence-electron chi connectivity index (χ0n) is 21.3. The lowest BCUT2D eigenvalue weighted by Gasteiger charge is -2.15. The minimum atomic E-state index is -0.137. The van der Waals surface area contributed by atoms with Crippen molar-refractivity contribution in [3.05, 3.63) is 79.4 Å². The van der Waals surface area contributed by atoms with E-state index in [1.54, 1.807) is 18.6 Å². The Bertz CT molecular complexity index is 1510. The van der Waals surface area contributed by atoms with Crippen molar-refractivity contribution in [1.29, 1.82) is 0 Å². The Morgan fingerprint density at radius 3 is 2.58 bits per heavy atom. The van der Waals surface area contributed by atoms with Crippen LogP contribution in [0.1, 0.15) is 26.7 Å². The molecule has 0 radical (unpaired) electrons. The van der Waals surface area contributed by atoms with Gasteiger partial charge in [-0.2, -0.15) is 5.10 Å². The first-order chi connectivity index (χ1) is 18.6. The van der Waals surface area contributed by atoms with Gasteiger partial charge in [-0.1, -0.05) is 38.1 Å². The number of ether oxygens (including phenoxy) is 1. The molecule has 3 aromatic heterocycles. The summed E-state index contributed by atoms with van der Waals surface area (Å²) in [5.74, 6) is 1.62. The number of rotatable bonds is 10. The second-order valence-corrected chi connectivity index (χ2v) is 8.88. The van der Waals surface area contributed by atoms with Crippen LogP contribution in [0.25, 0.3) is 33.4 Å². The van der Waals surface area contributed by atoms with Gasteiger partial charge in [0.25, 0.3) is 5.91 Å². The summed E-state index contributed by atoms with van der Waals surface area (Å²) < 4.78 is 5.77. The standard InChI is InChI=1S/C29H29N7O2/c1-3-22(4-2)33-27(37)18-38-24-7-5-6-20(14-24)28-35-26-17-30-13-12-25(26)29(36-28)34-23-10-8-19(9-11-23)21-15-31-32-16-21/h5-17,22H,3-4,18H2,1-2H3,(H,31,32)(H,33,37)(H,34,35,36). The van der Waals surface area contributed by atoms with Crippen LogP contribution in [0.4, 0.5) is 11.5 Å². The molecule has 5 aromatic rings. The maximum Gasteiger partial charge on any atom is 0.258 e. The number of fused-ring (bicyclic) bond motifs is 1. The van der Waals surface area contributed by atoms with Crippen LogP contribution in [0.15, 0.2) is 79.4 Å². The van der Waals surface area contributed by atoms with Crippen LogP contribution in [-0.4, -0.2) is 43.7 Å². The van der Waals surface area contributed by atoms with Crippen LogP contribution >= 0.6 is 0 Å². The van der Waals surface area contributed by atoms with Crippen LogP contribution in [0.3, 0.4) is 0 Å². The molecule has 192 valence electrons. The number of H-pyrrole nitrogens is 1. The van der Waals surface area contributed by atoms with E-state index in [0.717, 1.165) is 40.6 Å². The molecule has 0 aliphatic rings. The number of carbonyl (C=O) groups is 1. The Labute approximate surface area is 220 Å². The molecule has 0 aliphatic carbocycles. The number of nitrogens with zero attached hydrogens (tertiary/aromatic N) is 4. The number of nitrogens with one attached hydrogen (secondary N) is 3. The average Bonchev–Trinajstić information content (AvgIpc) is 3.50. The molecular weight excluding hydrogens is 478 g/mol. The highest BCUT2D eigenvalue weighted by atomic mass is 16.5. The lowest BCUT2D eigenvalue weighted by Crippen LogP contribution is -2.37. The molecule has 9 nitrogen and oxygen atoms in total. The number of anilines is 2. The van der Waals surface area contributed by atoms with E-state index in [1.165, 1.54) is 0 Å². The van der Waals surface area contributed by atoms with E-state index >= 15 is 0 Å². The van der Waals surface area contributed by atoms with Gasteiger partial charge in [0.1, 0.15) is 11.6 Å². The number of amides is 1. The molecule has 2 aromatic carbocycles. The molecule has 0 aliphatic heterocycles. The molecule has 0 spiro atoms. The lowest BCUT2D eigenvalue weighted by molar-refractivity contribution is -0.123. The maximum atomic E-state index is 12.3. The highest BCUT2D eigenvalue weighted by Gasteiger charge is 2.13. The van der Waals surface area contributed by atoms with Gasteiger partial charge in [-0.15, -0.1) is 0 Å². The third kappa shape index (κ3) is 5.78. The topological polar surface area (TPSA) is 118 Å². The minimum Gasteiger partial charge on any atom is -0.484 e. The first-order valence-electron chi connectivity index (χ1n) is 12.6. The van der Waals surface area contributed by atoms with Gasteiger partial charge >= 0.3 is 0 Å². The highest BCUT2D eigenvalue weighted by molar-refractivity contribution is 5.91. The summed E-state index contributed by atoms with van der Waals surface area (Å²) in [6.45, 7) is 4.05. The third-order valence-electron chi connectivity index (χ3n) is 6.29. The molecule has 0 atom stereocenters. The molecule has 3 N–H and O–H groups in total. The van der Waals surface area contributed by atoms with E-state index in [2.05, 4.69) is 39.7 Å². The third-order valence-corrected chi connectivity index (χ3v) is 6.29. The Morgan fingerprint density at radius 1 is 0.974 bits per heavy atom. The zero-order chi connectivity index (χ0) is 26.3. The SMILES string of the molecule is CCC(CC)NC(=O)COc1cccc(-c2nc(Nc3ccc(-c4cn[nH]c4)cc3)c3ccncc3n2)c1. The normalized spacial score (nSPS) is 11.0. The van der Waals surface area contributed by atoms with Crippen molar-refractivity contribution >= 4 is 28.3 Å². The summed E-state index contributed by atoms with van der Waals surface area (Å²) in [6, 6.07) is 17.5. The van der Waals surface area contributed by atoms with Crippen LogP contribution in [0.5, 0.6) is 5.75 Å². The summed E-state index contributed by atoms with van der Waals surface area (Å²) in [5.41, 5.74) is 4.46. The van der Waals surface area contributed by atoms with Gasteiger partial charge in [-0.3, -0.25) is 14.9 Å². The van der Waals surface area contributed by atoms with Gasteiger partial charge < -0.3 is 15.4 Å². The van der Waals surface area contributed by atoms with E-state index in [1.807, 2.05) is 60.8 Å². The molecule has 0 fully saturated rings. The average molecular weight is 508 g/mol. The predicted octanol–water partition coefficient (Wildman–Crippen LogP) is 5.51. The van der Waals surface area contributed by atoms with Crippen molar-refractivity contribution in [3.63, 3.8) is 0 Å². The zero-order valence-corrected chi connectivity index (χ0v) is 21.3. The molecule has 5 rings (SSSR count). The van der Waals surface area contributed by atoms with E-state index in [9.17, 15) is 4.79 Å². The second kappa shape index (κ2) is 11.5. The van der Waals surface area contributed by atoms with Crippen molar-refractivity contribution in [1.82, 2.24) is 30.5 Å². The fraction of sp³-hybridized carbons (Fsp3) is 0.207. The molecule has 9 heteroatoms. The van der Waals surface area contributed by atoms with Crippen molar-refractivity contribution in [2.45, 2.75) is 32.7 Å². The van der Waals surface area contributed by atoms with Gasteiger partial charge in [0.15, 0.2) is 12.4 Å². The summed E-state index contributed by atoms with van der Waals surface area (Å²) in [5, 5.41) is 14.1. The quantitative estimate of drug-likeness (QED) is 0.228. The molecule has 0 saturated heterocycles. The van der Waals surface area contributed by atoms with Gasteiger partial charge in [0.2, 0.25) is 0 Å². The van der Waals surface area contributed by atoms with Crippen molar-refractivity contribution in [2.75, 3.05) is 11.9 Å². The van der Waals surface area contributed by atoms with Gasteiger partial charge in [-0.25, -0.2) is 9.97 Å². The monoisotopic (exact) mass is 507 g/mol.